The zero-order valence-electron chi connectivity index (χ0n) is 6.94. The fourth-order valence-electron chi connectivity index (χ4n) is 0.627. The maximum Gasteiger partial charge on any atom is 0.0433 e. The molecule has 0 aliphatic carbocycles. The lowest BCUT2D eigenvalue weighted by Crippen LogP contribution is -2.18. The molecular weight excluding hydrogens is 112 g/mol. The molecule has 0 unspecified atom stereocenters. The number of aliphatic hydroxyl groups excluding tert-OH is 1. The van der Waals surface area contributed by atoms with Crippen molar-refractivity contribution >= 4 is 0 Å². The van der Waals surface area contributed by atoms with Crippen molar-refractivity contribution in [2.45, 2.75) is 34.1 Å². The molecule has 0 aromatic carbocycles. The van der Waals surface area contributed by atoms with E-state index in [2.05, 4.69) is 27.7 Å². The van der Waals surface area contributed by atoms with Gasteiger partial charge >= 0.3 is 0 Å². The van der Waals surface area contributed by atoms with Crippen LogP contribution in [-0.2, 0) is 0 Å². The average molecular weight is 130 g/mol. The third-order valence-electron chi connectivity index (χ3n) is 2.04. The molecule has 0 amide bonds. The summed E-state index contributed by atoms with van der Waals surface area (Å²) in [5.41, 5.74) is 0.350. The Balaban J connectivity index is 3.59. The smallest absolute Gasteiger partial charge is 0.0433 e. The topological polar surface area (TPSA) is 20.2 Å². The summed E-state index contributed by atoms with van der Waals surface area (Å²) in [6.45, 7) is 9.10. The Bertz CT molecular complexity index is 71.1. The molecule has 0 saturated heterocycles. The second kappa shape index (κ2) is 3.21. The van der Waals surface area contributed by atoms with Crippen LogP contribution in [0.15, 0.2) is 0 Å². The Kier molecular flexibility index (Phi) is 3.20. The summed E-state index contributed by atoms with van der Waals surface area (Å²) in [7, 11) is 0. The Hall–Kier alpha value is -0.0400. The molecule has 56 valence electrons. The first-order valence-corrected chi connectivity index (χ1v) is 3.59. The van der Waals surface area contributed by atoms with Gasteiger partial charge in [0.15, 0.2) is 0 Å². The van der Waals surface area contributed by atoms with Crippen molar-refractivity contribution in [1.29, 1.82) is 0 Å². The SMILES string of the molecule is C[C@@H](CCO)C(C)(C)C. The van der Waals surface area contributed by atoms with E-state index in [0.717, 1.165) is 6.42 Å². The molecule has 0 aromatic heterocycles. The van der Waals surface area contributed by atoms with Crippen molar-refractivity contribution < 1.29 is 5.11 Å². The summed E-state index contributed by atoms with van der Waals surface area (Å²) in [6, 6.07) is 0. The van der Waals surface area contributed by atoms with Gasteiger partial charge in [-0.3, -0.25) is 0 Å². The molecule has 1 N–H and O–H groups in total. The molecule has 0 spiro atoms. The molecule has 0 saturated carbocycles. The fraction of sp³-hybridized carbons (Fsp3) is 1.00. The Morgan fingerprint density at radius 3 is 1.89 bits per heavy atom. The summed E-state index contributed by atoms with van der Waals surface area (Å²) in [5, 5.41) is 8.60. The molecule has 0 fully saturated rings. The van der Waals surface area contributed by atoms with Crippen LogP contribution >= 0.6 is 0 Å². The maximum atomic E-state index is 8.60. The van der Waals surface area contributed by atoms with Crippen LogP contribution in [0, 0.1) is 11.3 Å². The standard InChI is InChI=1S/C8H18O/c1-7(5-6-9)8(2,3)4/h7,9H,5-6H2,1-4H3/t7-/m0/s1. The zero-order valence-corrected chi connectivity index (χ0v) is 6.94. The minimum Gasteiger partial charge on any atom is -0.396 e. The average Bonchev–Trinajstić information content (AvgIpc) is 1.64. The molecule has 0 rings (SSSR count). The molecule has 0 aromatic rings. The highest BCUT2D eigenvalue weighted by Crippen LogP contribution is 2.27. The van der Waals surface area contributed by atoms with Gasteiger partial charge in [-0.25, -0.2) is 0 Å². The van der Waals surface area contributed by atoms with E-state index in [1.807, 2.05) is 0 Å². The molecule has 1 heteroatoms. The highest BCUT2D eigenvalue weighted by atomic mass is 16.3. The second-order valence-corrected chi connectivity index (χ2v) is 3.78. The van der Waals surface area contributed by atoms with Gasteiger partial charge in [-0.15, -0.1) is 0 Å². The lowest BCUT2D eigenvalue weighted by Gasteiger charge is -2.26. The van der Waals surface area contributed by atoms with Gasteiger partial charge in [0.2, 0.25) is 0 Å². The lowest BCUT2D eigenvalue weighted by molar-refractivity contribution is 0.188. The van der Waals surface area contributed by atoms with Crippen LogP contribution in [0.2, 0.25) is 0 Å². The van der Waals surface area contributed by atoms with Crippen LogP contribution < -0.4 is 0 Å². The van der Waals surface area contributed by atoms with Crippen molar-refractivity contribution in [3.05, 3.63) is 0 Å². The van der Waals surface area contributed by atoms with E-state index < -0.39 is 0 Å². The normalized spacial score (nSPS) is 15.7. The second-order valence-electron chi connectivity index (χ2n) is 3.78. The third kappa shape index (κ3) is 3.52. The van der Waals surface area contributed by atoms with Crippen LogP contribution in [0.5, 0.6) is 0 Å². The molecular formula is C8H18O. The fourth-order valence-corrected chi connectivity index (χ4v) is 0.627. The Morgan fingerprint density at radius 2 is 1.78 bits per heavy atom. The van der Waals surface area contributed by atoms with Gasteiger partial charge in [0, 0.05) is 6.61 Å². The van der Waals surface area contributed by atoms with Gasteiger partial charge in [0.1, 0.15) is 0 Å². The van der Waals surface area contributed by atoms with E-state index in [1.165, 1.54) is 0 Å². The van der Waals surface area contributed by atoms with Crippen LogP contribution in [0.1, 0.15) is 34.1 Å². The number of aliphatic hydroxyl groups is 1. The quantitative estimate of drug-likeness (QED) is 0.606. The summed E-state index contributed by atoms with van der Waals surface area (Å²) in [4.78, 5) is 0. The van der Waals surface area contributed by atoms with Crippen LogP contribution in [0.25, 0.3) is 0 Å². The summed E-state index contributed by atoms with van der Waals surface area (Å²) >= 11 is 0. The highest BCUT2D eigenvalue weighted by molar-refractivity contribution is 4.68. The van der Waals surface area contributed by atoms with E-state index in [-0.39, 0.29) is 0 Å². The Morgan fingerprint density at radius 1 is 1.33 bits per heavy atom. The molecule has 0 heterocycles. The zero-order chi connectivity index (χ0) is 7.49. The van der Waals surface area contributed by atoms with Crippen LogP contribution in [0.4, 0.5) is 0 Å². The van der Waals surface area contributed by atoms with Crippen molar-refractivity contribution in [3.8, 4) is 0 Å². The molecule has 9 heavy (non-hydrogen) atoms. The van der Waals surface area contributed by atoms with Gasteiger partial charge in [-0.1, -0.05) is 27.7 Å². The van der Waals surface area contributed by atoms with Crippen molar-refractivity contribution in [2.24, 2.45) is 11.3 Å². The first kappa shape index (κ1) is 8.96. The number of hydrogen-bond donors (Lipinski definition) is 1. The molecule has 0 aliphatic heterocycles. The van der Waals surface area contributed by atoms with Gasteiger partial charge in [-0.2, -0.15) is 0 Å². The van der Waals surface area contributed by atoms with Crippen molar-refractivity contribution in [3.63, 3.8) is 0 Å². The van der Waals surface area contributed by atoms with E-state index in [1.54, 1.807) is 0 Å². The molecule has 1 atom stereocenters. The van der Waals surface area contributed by atoms with E-state index in [9.17, 15) is 0 Å². The van der Waals surface area contributed by atoms with Gasteiger partial charge in [0.25, 0.3) is 0 Å². The van der Waals surface area contributed by atoms with Gasteiger partial charge < -0.3 is 5.11 Å². The third-order valence-corrected chi connectivity index (χ3v) is 2.04. The predicted molar refractivity (Wildman–Crippen MR) is 40.3 cm³/mol. The maximum absolute atomic E-state index is 8.60. The first-order chi connectivity index (χ1) is 3.98. The summed E-state index contributed by atoms with van der Waals surface area (Å²) in [6.07, 6.45) is 0.920. The minimum absolute atomic E-state index is 0.318. The monoisotopic (exact) mass is 130 g/mol. The summed E-state index contributed by atoms with van der Waals surface area (Å²) < 4.78 is 0. The van der Waals surface area contributed by atoms with E-state index >= 15 is 0 Å². The Labute approximate surface area is 58.1 Å². The van der Waals surface area contributed by atoms with Gasteiger partial charge in [0.05, 0.1) is 0 Å². The molecule has 1 nitrogen and oxygen atoms in total. The molecule has 0 bridgehead atoms. The van der Waals surface area contributed by atoms with E-state index in [0.29, 0.717) is 17.9 Å². The summed E-state index contributed by atoms with van der Waals surface area (Å²) in [5.74, 6) is 0.613. The first-order valence-electron chi connectivity index (χ1n) is 3.59. The highest BCUT2D eigenvalue weighted by Gasteiger charge is 2.18. The molecule has 0 aliphatic rings. The van der Waals surface area contributed by atoms with Crippen molar-refractivity contribution in [1.82, 2.24) is 0 Å². The lowest BCUT2D eigenvalue weighted by atomic mass is 9.80. The largest absolute Gasteiger partial charge is 0.396 e. The number of hydrogen-bond acceptors (Lipinski definition) is 1. The molecule has 0 radical (unpaired) electrons. The number of rotatable bonds is 2. The van der Waals surface area contributed by atoms with E-state index in [4.69, 9.17) is 5.11 Å². The van der Waals surface area contributed by atoms with Crippen LogP contribution in [-0.4, -0.2) is 11.7 Å². The van der Waals surface area contributed by atoms with Crippen molar-refractivity contribution in [2.75, 3.05) is 6.61 Å². The minimum atomic E-state index is 0.318. The van der Waals surface area contributed by atoms with Gasteiger partial charge in [-0.05, 0) is 17.8 Å². The predicted octanol–water partition coefficient (Wildman–Crippen LogP) is 2.05. The van der Waals surface area contributed by atoms with Crippen LogP contribution in [0.3, 0.4) is 0 Å².